The standard InChI is InChI=1S/C14H21ClN2O2S2/c1-10(2)20-13-6-5-11(15)9-12(13)17-14(18)16-7-4-8-21(3)19/h5-6,9-10H,4,7-8H2,1-3H3,(H2,16,17,18)/t21-/m0/s1. The van der Waals surface area contributed by atoms with E-state index in [1.165, 1.54) is 0 Å². The van der Waals surface area contributed by atoms with E-state index in [0.29, 0.717) is 34.7 Å². The third-order valence-electron chi connectivity index (χ3n) is 2.45. The molecule has 1 aromatic carbocycles. The van der Waals surface area contributed by atoms with Gasteiger partial charge in [0.1, 0.15) is 0 Å². The minimum atomic E-state index is -0.824. The van der Waals surface area contributed by atoms with Crippen LogP contribution in [-0.2, 0) is 10.8 Å². The molecule has 0 radical (unpaired) electrons. The summed E-state index contributed by atoms with van der Waals surface area (Å²) in [6.07, 6.45) is 2.35. The quantitative estimate of drug-likeness (QED) is 0.583. The van der Waals surface area contributed by atoms with Crippen molar-refractivity contribution in [3.05, 3.63) is 23.2 Å². The molecule has 0 aromatic heterocycles. The first kappa shape index (κ1) is 18.3. The number of nitrogens with one attached hydrogen (secondary N) is 2. The van der Waals surface area contributed by atoms with Crippen LogP contribution in [-0.4, -0.2) is 34.0 Å². The molecule has 0 aliphatic rings. The second-order valence-corrected chi connectivity index (χ2v) is 8.43. The highest BCUT2D eigenvalue weighted by Crippen LogP contribution is 2.32. The molecule has 118 valence electrons. The summed E-state index contributed by atoms with van der Waals surface area (Å²) < 4.78 is 10.9. The van der Waals surface area contributed by atoms with E-state index in [-0.39, 0.29) is 6.03 Å². The number of rotatable bonds is 7. The van der Waals surface area contributed by atoms with Crippen molar-refractivity contribution in [3.8, 4) is 0 Å². The predicted molar refractivity (Wildman–Crippen MR) is 93.0 cm³/mol. The first-order chi connectivity index (χ1) is 9.88. The number of benzene rings is 1. The molecule has 1 rings (SSSR count). The topological polar surface area (TPSA) is 58.2 Å². The number of halogens is 1. The lowest BCUT2D eigenvalue weighted by molar-refractivity contribution is 0.252. The van der Waals surface area contributed by atoms with Gasteiger partial charge in [-0.2, -0.15) is 0 Å². The highest BCUT2D eigenvalue weighted by atomic mass is 35.5. The Morgan fingerprint density at radius 3 is 2.76 bits per heavy atom. The predicted octanol–water partition coefficient (Wildman–Crippen LogP) is 3.73. The van der Waals surface area contributed by atoms with Crippen LogP contribution in [0.2, 0.25) is 5.02 Å². The number of urea groups is 1. The summed E-state index contributed by atoms with van der Waals surface area (Å²) in [7, 11) is -0.824. The van der Waals surface area contributed by atoms with Gasteiger partial charge < -0.3 is 10.6 Å². The zero-order chi connectivity index (χ0) is 15.8. The van der Waals surface area contributed by atoms with Gasteiger partial charge in [0.2, 0.25) is 0 Å². The molecule has 0 bridgehead atoms. The van der Waals surface area contributed by atoms with Crippen molar-refractivity contribution >= 4 is 45.9 Å². The Hall–Kier alpha value is -0.720. The van der Waals surface area contributed by atoms with Gasteiger partial charge in [-0.05, 0) is 24.6 Å². The molecule has 0 aliphatic heterocycles. The Labute approximate surface area is 137 Å². The lowest BCUT2D eigenvalue weighted by atomic mass is 10.3. The van der Waals surface area contributed by atoms with Crippen molar-refractivity contribution in [2.45, 2.75) is 30.4 Å². The minimum Gasteiger partial charge on any atom is -0.338 e. The van der Waals surface area contributed by atoms with Gasteiger partial charge in [-0.1, -0.05) is 25.4 Å². The molecule has 7 heteroatoms. The van der Waals surface area contributed by atoms with Gasteiger partial charge in [-0.15, -0.1) is 11.8 Å². The molecule has 0 saturated heterocycles. The molecule has 1 aromatic rings. The third-order valence-corrected chi connectivity index (χ3v) is 4.63. The van der Waals surface area contributed by atoms with Gasteiger partial charge in [-0.3, -0.25) is 4.21 Å². The molecule has 2 amide bonds. The van der Waals surface area contributed by atoms with Crippen LogP contribution >= 0.6 is 23.4 Å². The summed E-state index contributed by atoms with van der Waals surface area (Å²) >= 11 is 7.65. The molecule has 0 saturated carbocycles. The molecule has 0 spiro atoms. The second kappa shape index (κ2) is 9.33. The SMILES string of the molecule is CC(C)Sc1ccc(Cl)cc1NC(=O)NCCC[S@](C)=O. The van der Waals surface area contributed by atoms with E-state index >= 15 is 0 Å². The van der Waals surface area contributed by atoms with Crippen LogP contribution in [0.4, 0.5) is 10.5 Å². The lowest BCUT2D eigenvalue weighted by Crippen LogP contribution is -2.30. The first-order valence-corrected chi connectivity index (χ1v) is 9.68. The van der Waals surface area contributed by atoms with Crippen molar-refractivity contribution in [2.24, 2.45) is 0 Å². The molecule has 0 unspecified atom stereocenters. The summed E-state index contributed by atoms with van der Waals surface area (Å²) in [5.41, 5.74) is 0.706. The van der Waals surface area contributed by atoms with Crippen LogP contribution < -0.4 is 10.6 Å². The van der Waals surface area contributed by atoms with Crippen LogP contribution in [0.1, 0.15) is 20.3 Å². The summed E-state index contributed by atoms with van der Waals surface area (Å²) in [5.74, 6) is 0.589. The number of amides is 2. The van der Waals surface area contributed by atoms with Crippen LogP contribution in [0.5, 0.6) is 0 Å². The highest BCUT2D eigenvalue weighted by molar-refractivity contribution is 8.00. The summed E-state index contributed by atoms with van der Waals surface area (Å²) in [5, 5.41) is 6.56. The monoisotopic (exact) mass is 348 g/mol. The Balaban J connectivity index is 2.58. The maximum absolute atomic E-state index is 11.9. The molecule has 1 atom stereocenters. The number of carbonyl (C=O) groups excluding carboxylic acids is 1. The van der Waals surface area contributed by atoms with Gasteiger partial charge in [0.25, 0.3) is 0 Å². The first-order valence-electron chi connectivity index (χ1n) is 6.69. The van der Waals surface area contributed by atoms with Gasteiger partial charge in [0, 0.05) is 44.5 Å². The van der Waals surface area contributed by atoms with Crippen molar-refractivity contribution < 1.29 is 9.00 Å². The highest BCUT2D eigenvalue weighted by Gasteiger charge is 2.09. The van der Waals surface area contributed by atoms with Crippen molar-refractivity contribution in [3.63, 3.8) is 0 Å². The normalized spacial score (nSPS) is 12.2. The fraction of sp³-hybridized carbons (Fsp3) is 0.500. The van der Waals surface area contributed by atoms with Gasteiger partial charge in [-0.25, -0.2) is 4.79 Å². The van der Waals surface area contributed by atoms with E-state index < -0.39 is 10.8 Å². The van der Waals surface area contributed by atoms with E-state index in [1.54, 1.807) is 24.1 Å². The smallest absolute Gasteiger partial charge is 0.319 e. The Bertz CT molecular complexity index is 510. The molecule has 0 heterocycles. The third kappa shape index (κ3) is 7.74. The maximum Gasteiger partial charge on any atom is 0.319 e. The van der Waals surface area contributed by atoms with Crippen molar-refractivity contribution in [2.75, 3.05) is 23.9 Å². The summed E-state index contributed by atoms with van der Waals surface area (Å²) in [6, 6.07) is 5.19. The van der Waals surface area contributed by atoms with Gasteiger partial charge in [0.15, 0.2) is 0 Å². The largest absolute Gasteiger partial charge is 0.338 e. The molecular weight excluding hydrogens is 328 g/mol. The fourth-order valence-electron chi connectivity index (χ4n) is 1.60. The van der Waals surface area contributed by atoms with E-state index in [4.69, 9.17) is 11.6 Å². The number of thioether (sulfide) groups is 1. The number of hydrogen-bond donors (Lipinski definition) is 2. The van der Waals surface area contributed by atoms with Crippen molar-refractivity contribution in [1.29, 1.82) is 0 Å². The fourth-order valence-corrected chi connectivity index (χ4v) is 3.21. The van der Waals surface area contributed by atoms with E-state index in [0.717, 1.165) is 4.90 Å². The average molecular weight is 349 g/mol. The van der Waals surface area contributed by atoms with Gasteiger partial charge in [0.05, 0.1) is 5.69 Å². The minimum absolute atomic E-state index is 0.273. The molecule has 4 nitrogen and oxygen atoms in total. The van der Waals surface area contributed by atoms with Crippen molar-refractivity contribution in [1.82, 2.24) is 5.32 Å². The zero-order valence-corrected chi connectivity index (χ0v) is 14.8. The van der Waals surface area contributed by atoms with E-state index in [1.807, 2.05) is 12.1 Å². The molecule has 2 N–H and O–H groups in total. The van der Waals surface area contributed by atoms with Crippen LogP contribution in [0.25, 0.3) is 0 Å². The number of anilines is 1. The number of carbonyl (C=O) groups is 1. The molecule has 0 aliphatic carbocycles. The zero-order valence-electron chi connectivity index (χ0n) is 12.4. The number of hydrogen-bond acceptors (Lipinski definition) is 3. The summed E-state index contributed by atoms with van der Waals surface area (Å²) in [4.78, 5) is 12.8. The van der Waals surface area contributed by atoms with Crippen LogP contribution in [0, 0.1) is 0 Å². The van der Waals surface area contributed by atoms with Crippen LogP contribution in [0.3, 0.4) is 0 Å². The van der Waals surface area contributed by atoms with E-state index in [2.05, 4.69) is 24.5 Å². The average Bonchev–Trinajstić information content (AvgIpc) is 2.37. The maximum atomic E-state index is 11.9. The van der Waals surface area contributed by atoms with Gasteiger partial charge >= 0.3 is 6.03 Å². The Morgan fingerprint density at radius 1 is 1.43 bits per heavy atom. The second-order valence-electron chi connectivity index (χ2n) is 4.82. The molecular formula is C14H21ClN2O2S2. The molecule has 0 fully saturated rings. The van der Waals surface area contributed by atoms with E-state index in [9.17, 15) is 9.00 Å². The summed E-state index contributed by atoms with van der Waals surface area (Å²) in [6.45, 7) is 4.68. The molecule has 21 heavy (non-hydrogen) atoms. The lowest BCUT2D eigenvalue weighted by Gasteiger charge is -2.13. The van der Waals surface area contributed by atoms with Crippen LogP contribution in [0.15, 0.2) is 23.1 Å². The Kier molecular flexibility index (Phi) is 8.14. The Morgan fingerprint density at radius 2 is 2.14 bits per heavy atom.